The van der Waals surface area contributed by atoms with Crippen LogP contribution in [0, 0.1) is 10.1 Å². The molecule has 128 valence electrons. The summed E-state index contributed by atoms with van der Waals surface area (Å²) in [7, 11) is 1.63. The van der Waals surface area contributed by atoms with E-state index in [1.807, 2.05) is 0 Å². The summed E-state index contributed by atoms with van der Waals surface area (Å²) in [6, 6.07) is 6.08. The summed E-state index contributed by atoms with van der Waals surface area (Å²) in [5.41, 5.74) is 1.10. The lowest BCUT2D eigenvalue weighted by Crippen LogP contribution is -2.33. The van der Waals surface area contributed by atoms with Gasteiger partial charge in [0.15, 0.2) is 0 Å². The number of nitro benzene ring substituents is 1. The van der Waals surface area contributed by atoms with Gasteiger partial charge in [0.05, 0.1) is 11.5 Å². The van der Waals surface area contributed by atoms with Crippen LogP contribution >= 0.6 is 11.3 Å². The molecule has 0 aliphatic rings. The molecule has 0 atom stereocenters. The fourth-order valence-electron chi connectivity index (χ4n) is 1.89. The van der Waals surface area contributed by atoms with Gasteiger partial charge in [-0.05, 0) is 12.1 Å². The number of nitrogens with one attached hydrogen (secondary N) is 2. The Morgan fingerprint density at radius 1 is 1.29 bits per heavy atom. The number of aromatic nitrogens is 1. The first kappa shape index (κ1) is 18.0. The second kappa shape index (κ2) is 9.06. The maximum Gasteiger partial charge on any atom is 0.270 e. The summed E-state index contributed by atoms with van der Waals surface area (Å²) in [6.07, 6.45) is 0. The van der Waals surface area contributed by atoms with E-state index in [0.29, 0.717) is 30.4 Å². The van der Waals surface area contributed by atoms with Crippen LogP contribution in [0.25, 0.3) is 10.6 Å². The normalized spacial score (nSPS) is 10.5. The Morgan fingerprint density at radius 3 is 2.71 bits per heavy atom. The van der Waals surface area contributed by atoms with E-state index in [-0.39, 0.29) is 11.6 Å². The molecule has 2 aromatic rings. The largest absolute Gasteiger partial charge is 0.383 e. The third kappa shape index (κ3) is 5.08. The van der Waals surface area contributed by atoms with Gasteiger partial charge in [-0.15, -0.1) is 11.3 Å². The number of rotatable bonds is 9. The zero-order valence-corrected chi connectivity index (χ0v) is 14.0. The number of nitro groups is 1. The number of amides is 1. The molecule has 0 fully saturated rings. The van der Waals surface area contributed by atoms with Crippen molar-refractivity contribution < 1.29 is 14.5 Å². The average Bonchev–Trinajstić information content (AvgIpc) is 3.08. The number of carbonyl (C=O) groups is 1. The molecule has 8 nitrogen and oxygen atoms in total. The van der Waals surface area contributed by atoms with Crippen molar-refractivity contribution in [3.8, 4) is 10.6 Å². The van der Waals surface area contributed by atoms with E-state index in [1.54, 1.807) is 24.6 Å². The van der Waals surface area contributed by atoms with Crippen LogP contribution < -0.4 is 10.6 Å². The van der Waals surface area contributed by atoms with Gasteiger partial charge in [0, 0.05) is 49.8 Å². The van der Waals surface area contributed by atoms with Gasteiger partial charge in [-0.3, -0.25) is 14.9 Å². The van der Waals surface area contributed by atoms with E-state index < -0.39 is 4.92 Å². The first-order chi connectivity index (χ1) is 11.6. The third-order valence-electron chi connectivity index (χ3n) is 3.13. The van der Waals surface area contributed by atoms with Gasteiger partial charge in [0.25, 0.3) is 11.6 Å². The molecular formula is C15H18N4O4S. The van der Waals surface area contributed by atoms with Gasteiger partial charge in [-0.25, -0.2) is 4.98 Å². The van der Waals surface area contributed by atoms with Gasteiger partial charge < -0.3 is 15.4 Å². The van der Waals surface area contributed by atoms with E-state index in [0.717, 1.165) is 12.1 Å². The second-order valence-corrected chi connectivity index (χ2v) is 5.70. The maximum absolute atomic E-state index is 12.0. The van der Waals surface area contributed by atoms with Crippen molar-refractivity contribution in [2.24, 2.45) is 0 Å². The predicted molar refractivity (Wildman–Crippen MR) is 91.3 cm³/mol. The van der Waals surface area contributed by atoms with Crippen molar-refractivity contribution in [1.82, 2.24) is 15.6 Å². The standard InChI is InChI=1S/C15H18N4O4S/c1-23-9-8-16-6-7-17-14(20)13-10-24-15(18-13)11-2-4-12(5-3-11)19(21)22/h2-5,10,16H,6-9H2,1H3,(H,17,20). The molecule has 0 bridgehead atoms. The highest BCUT2D eigenvalue weighted by molar-refractivity contribution is 7.13. The monoisotopic (exact) mass is 350 g/mol. The molecule has 0 saturated heterocycles. The summed E-state index contributed by atoms with van der Waals surface area (Å²) in [5, 5.41) is 18.9. The molecule has 1 aromatic carbocycles. The summed E-state index contributed by atoms with van der Waals surface area (Å²) in [6.45, 7) is 2.49. The Hall–Kier alpha value is -2.36. The van der Waals surface area contributed by atoms with Crippen LogP contribution in [0.3, 0.4) is 0 Å². The number of hydrogen-bond acceptors (Lipinski definition) is 7. The van der Waals surface area contributed by atoms with E-state index >= 15 is 0 Å². The number of methoxy groups -OCH3 is 1. The smallest absolute Gasteiger partial charge is 0.270 e. The Kier molecular flexibility index (Phi) is 6.79. The molecule has 0 aliphatic carbocycles. The Morgan fingerprint density at radius 2 is 2.04 bits per heavy atom. The number of thiazole rings is 1. The van der Waals surface area contributed by atoms with Crippen LogP contribution in [-0.2, 0) is 4.74 Å². The third-order valence-corrected chi connectivity index (χ3v) is 4.02. The maximum atomic E-state index is 12.0. The zero-order chi connectivity index (χ0) is 17.4. The fourth-order valence-corrected chi connectivity index (χ4v) is 2.70. The van der Waals surface area contributed by atoms with Gasteiger partial charge >= 0.3 is 0 Å². The molecule has 2 rings (SSSR count). The van der Waals surface area contributed by atoms with Crippen molar-refractivity contribution in [2.75, 3.05) is 33.4 Å². The van der Waals surface area contributed by atoms with Crippen molar-refractivity contribution in [3.63, 3.8) is 0 Å². The van der Waals surface area contributed by atoms with Crippen molar-refractivity contribution in [1.29, 1.82) is 0 Å². The lowest BCUT2D eigenvalue weighted by Gasteiger charge is -2.05. The quantitative estimate of drug-likeness (QED) is 0.405. The highest BCUT2D eigenvalue weighted by atomic mass is 32.1. The molecule has 1 heterocycles. The minimum absolute atomic E-state index is 0.0224. The summed E-state index contributed by atoms with van der Waals surface area (Å²) in [5.74, 6) is -0.243. The van der Waals surface area contributed by atoms with Crippen molar-refractivity contribution in [3.05, 3.63) is 45.5 Å². The highest BCUT2D eigenvalue weighted by Crippen LogP contribution is 2.25. The van der Waals surface area contributed by atoms with Crippen molar-refractivity contribution >= 4 is 22.9 Å². The lowest BCUT2D eigenvalue weighted by molar-refractivity contribution is -0.384. The fraction of sp³-hybridized carbons (Fsp3) is 0.333. The first-order valence-corrected chi connectivity index (χ1v) is 8.18. The van der Waals surface area contributed by atoms with E-state index in [1.165, 1.54) is 23.5 Å². The minimum Gasteiger partial charge on any atom is -0.383 e. The molecule has 2 N–H and O–H groups in total. The number of non-ortho nitro benzene ring substituents is 1. The minimum atomic E-state index is -0.453. The van der Waals surface area contributed by atoms with Crippen LogP contribution in [0.1, 0.15) is 10.5 Å². The van der Waals surface area contributed by atoms with Gasteiger partial charge in [-0.2, -0.15) is 0 Å². The molecule has 1 aromatic heterocycles. The van der Waals surface area contributed by atoms with E-state index in [2.05, 4.69) is 15.6 Å². The Bertz CT molecular complexity index is 687. The van der Waals surface area contributed by atoms with Crippen LogP contribution in [0.15, 0.2) is 29.6 Å². The SMILES string of the molecule is COCCNCCNC(=O)c1csc(-c2ccc([N+](=O)[O-])cc2)n1. The van der Waals surface area contributed by atoms with Crippen molar-refractivity contribution in [2.45, 2.75) is 0 Å². The van der Waals surface area contributed by atoms with Gasteiger partial charge in [0.2, 0.25) is 0 Å². The van der Waals surface area contributed by atoms with Crippen LogP contribution in [0.5, 0.6) is 0 Å². The zero-order valence-electron chi connectivity index (χ0n) is 13.2. The molecule has 9 heteroatoms. The number of benzene rings is 1. The summed E-state index contributed by atoms with van der Waals surface area (Å²) < 4.78 is 4.91. The predicted octanol–water partition coefficient (Wildman–Crippen LogP) is 1.68. The van der Waals surface area contributed by atoms with Crippen LogP contribution in [-0.4, -0.2) is 49.2 Å². The van der Waals surface area contributed by atoms with E-state index in [9.17, 15) is 14.9 Å². The number of ether oxygens (including phenoxy) is 1. The highest BCUT2D eigenvalue weighted by Gasteiger charge is 2.12. The molecule has 0 aliphatic heterocycles. The number of hydrogen-bond donors (Lipinski definition) is 2. The topological polar surface area (TPSA) is 106 Å². The Labute approximate surface area is 143 Å². The lowest BCUT2D eigenvalue weighted by atomic mass is 10.2. The number of carbonyl (C=O) groups excluding carboxylic acids is 1. The van der Waals surface area contributed by atoms with Crippen LogP contribution in [0.4, 0.5) is 5.69 Å². The molecule has 1 amide bonds. The average molecular weight is 350 g/mol. The number of nitrogens with zero attached hydrogens (tertiary/aromatic N) is 2. The second-order valence-electron chi connectivity index (χ2n) is 4.84. The molecule has 0 unspecified atom stereocenters. The molecule has 0 radical (unpaired) electrons. The van der Waals surface area contributed by atoms with Crippen LogP contribution in [0.2, 0.25) is 0 Å². The summed E-state index contributed by atoms with van der Waals surface area (Å²) >= 11 is 1.32. The Balaban J connectivity index is 1.87. The molecule has 0 saturated carbocycles. The molecular weight excluding hydrogens is 332 g/mol. The van der Waals surface area contributed by atoms with E-state index in [4.69, 9.17) is 4.74 Å². The first-order valence-electron chi connectivity index (χ1n) is 7.30. The van der Waals surface area contributed by atoms with Gasteiger partial charge in [0.1, 0.15) is 10.7 Å². The molecule has 0 spiro atoms. The van der Waals surface area contributed by atoms with Gasteiger partial charge in [-0.1, -0.05) is 0 Å². The summed E-state index contributed by atoms with van der Waals surface area (Å²) in [4.78, 5) is 26.5. The molecule has 24 heavy (non-hydrogen) atoms.